The van der Waals surface area contributed by atoms with E-state index in [1.165, 1.54) is 11.3 Å². The number of thiazole rings is 1. The Morgan fingerprint density at radius 1 is 1.19 bits per heavy atom. The first-order valence-electron chi connectivity index (χ1n) is 8.06. The minimum atomic E-state index is -0.121. The lowest BCUT2D eigenvalue weighted by atomic mass is 10.2. The Labute approximate surface area is 169 Å². The van der Waals surface area contributed by atoms with Crippen molar-refractivity contribution in [2.45, 2.75) is 6.42 Å². The number of amides is 1. The van der Waals surface area contributed by atoms with E-state index in [1.54, 1.807) is 14.2 Å². The fourth-order valence-electron chi connectivity index (χ4n) is 2.41. The molecule has 8 heteroatoms. The highest BCUT2D eigenvalue weighted by Crippen LogP contribution is 2.32. The minimum absolute atomic E-state index is 0.121. The largest absolute Gasteiger partial charge is 0.497 e. The van der Waals surface area contributed by atoms with Gasteiger partial charge < -0.3 is 20.1 Å². The molecule has 3 rings (SSSR count). The number of carbonyl (C=O) groups excluding carboxylic acids is 1. The Balaban J connectivity index is 1.65. The van der Waals surface area contributed by atoms with Crippen molar-refractivity contribution in [3.05, 3.63) is 58.0 Å². The molecule has 2 N–H and O–H groups in total. The van der Waals surface area contributed by atoms with Gasteiger partial charge in [0.15, 0.2) is 5.13 Å². The molecule has 0 atom stereocenters. The van der Waals surface area contributed by atoms with Crippen molar-refractivity contribution >= 4 is 49.7 Å². The number of hydrogen-bond acceptors (Lipinski definition) is 6. The summed E-state index contributed by atoms with van der Waals surface area (Å²) in [5, 5.41) is 8.61. The van der Waals surface area contributed by atoms with Crippen LogP contribution in [0.3, 0.4) is 0 Å². The SMILES string of the molecule is COc1ccc(OC)c(Nc2nc(CC(=O)Nc3cccc(Br)c3)cs2)c1. The number of carbonyl (C=O) groups is 1. The van der Waals surface area contributed by atoms with Crippen molar-refractivity contribution in [2.24, 2.45) is 0 Å². The highest BCUT2D eigenvalue weighted by molar-refractivity contribution is 9.10. The number of halogens is 1. The molecule has 6 nitrogen and oxygen atoms in total. The summed E-state index contributed by atoms with van der Waals surface area (Å²) >= 11 is 4.81. The van der Waals surface area contributed by atoms with Gasteiger partial charge in [-0.1, -0.05) is 22.0 Å². The number of methoxy groups -OCH3 is 2. The summed E-state index contributed by atoms with van der Waals surface area (Å²) in [6, 6.07) is 12.9. The summed E-state index contributed by atoms with van der Waals surface area (Å²) in [7, 11) is 3.21. The Bertz CT molecular complexity index is 945. The maximum atomic E-state index is 12.2. The van der Waals surface area contributed by atoms with Crippen LogP contribution in [-0.2, 0) is 11.2 Å². The summed E-state index contributed by atoms with van der Waals surface area (Å²) in [5.41, 5.74) is 2.18. The molecule has 0 bridgehead atoms. The smallest absolute Gasteiger partial charge is 0.230 e. The Morgan fingerprint density at radius 3 is 2.78 bits per heavy atom. The van der Waals surface area contributed by atoms with Crippen LogP contribution in [0, 0.1) is 0 Å². The van der Waals surface area contributed by atoms with Gasteiger partial charge in [-0.15, -0.1) is 11.3 Å². The van der Waals surface area contributed by atoms with Crippen LogP contribution < -0.4 is 20.1 Å². The number of ether oxygens (including phenoxy) is 2. The van der Waals surface area contributed by atoms with Crippen molar-refractivity contribution in [2.75, 3.05) is 24.9 Å². The third-order valence-corrected chi connectivity index (χ3v) is 4.95. The van der Waals surface area contributed by atoms with Crippen LogP contribution in [0.2, 0.25) is 0 Å². The molecule has 0 spiro atoms. The molecule has 1 amide bonds. The quantitative estimate of drug-likeness (QED) is 0.541. The molecule has 0 unspecified atom stereocenters. The maximum absolute atomic E-state index is 12.2. The summed E-state index contributed by atoms with van der Waals surface area (Å²) in [5.74, 6) is 1.27. The van der Waals surface area contributed by atoms with E-state index in [4.69, 9.17) is 9.47 Å². The van der Waals surface area contributed by atoms with E-state index in [0.29, 0.717) is 22.3 Å². The second-order valence-electron chi connectivity index (χ2n) is 5.57. The molecular formula is C19H18BrN3O3S. The summed E-state index contributed by atoms with van der Waals surface area (Å²) in [6.07, 6.45) is 0.194. The predicted molar refractivity (Wildman–Crippen MR) is 111 cm³/mol. The van der Waals surface area contributed by atoms with Crippen LogP contribution in [0.1, 0.15) is 5.69 Å². The number of aromatic nitrogens is 1. The Kier molecular flexibility index (Phi) is 6.31. The lowest BCUT2D eigenvalue weighted by molar-refractivity contribution is -0.115. The third kappa shape index (κ3) is 5.21. The van der Waals surface area contributed by atoms with Crippen molar-refractivity contribution in [3.8, 4) is 11.5 Å². The van der Waals surface area contributed by atoms with Gasteiger partial charge in [0.2, 0.25) is 5.91 Å². The van der Waals surface area contributed by atoms with E-state index >= 15 is 0 Å². The van der Waals surface area contributed by atoms with Crippen LogP contribution in [0.5, 0.6) is 11.5 Å². The molecule has 1 aromatic heterocycles. The molecule has 0 saturated heterocycles. The van der Waals surface area contributed by atoms with Gasteiger partial charge in [-0.3, -0.25) is 4.79 Å². The van der Waals surface area contributed by atoms with Crippen LogP contribution >= 0.6 is 27.3 Å². The summed E-state index contributed by atoms with van der Waals surface area (Å²) < 4.78 is 11.5. The zero-order valence-corrected chi connectivity index (χ0v) is 17.2. The number of hydrogen-bond donors (Lipinski definition) is 2. The fraction of sp³-hybridized carbons (Fsp3) is 0.158. The van der Waals surface area contributed by atoms with Crippen LogP contribution in [0.4, 0.5) is 16.5 Å². The van der Waals surface area contributed by atoms with Gasteiger partial charge in [0, 0.05) is 21.6 Å². The van der Waals surface area contributed by atoms with Crippen LogP contribution in [0.15, 0.2) is 52.3 Å². The first-order valence-corrected chi connectivity index (χ1v) is 9.73. The van der Waals surface area contributed by atoms with E-state index in [9.17, 15) is 4.79 Å². The number of anilines is 3. The molecular weight excluding hydrogens is 430 g/mol. The average molecular weight is 448 g/mol. The number of benzene rings is 2. The molecule has 3 aromatic rings. The number of nitrogens with zero attached hydrogens (tertiary/aromatic N) is 1. The van der Waals surface area contributed by atoms with E-state index in [0.717, 1.165) is 15.8 Å². The lowest BCUT2D eigenvalue weighted by Gasteiger charge is -2.10. The van der Waals surface area contributed by atoms with Gasteiger partial charge >= 0.3 is 0 Å². The molecule has 2 aromatic carbocycles. The van der Waals surface area contributed by atoms with Gasteiger partial charge in [0.1, 0.15) is 11.5 Å². The Morgan fingerprint density at radius 2 is 2.04 bits per heavy atom. The third-order valence-electron chi connectivity index (χ3n) is 3.65. The molecule has 0 aliphatic carbocycles. The van der Waals surface area contributed by atoms with Crippen LogP contribution in [0.25, 0.3) is 0 Å². The van der Waals surface area contributed by atoms with Crippen molar-refractivity contribution < 1.29 is 14.3 Å². The highest BCUT2D eigenvalue weighted by Gasteiger charge is 2.11. The van der Waals surface area contributed by atoms with Gasteiger partial charge in [0.05, 0.1) is 32.0 Å². The maximum Gasteiger partial charge on any atom is 0.230 e. The topological polar surface area (TPSA) is 72.5 Å². The summed E-state index contributed by atoms with van der Waals surface area (Å²) in [4.78, 5) is 16.7. The first kappa shape index (κ1) is 19.2. The van der Waals surface area contributed by atoms with E-state index in [-0.39, 0.29) is 12.3 Å². The molecule has 0 aliphatic heterocycles. The second kappa shape index (κ2) is 8.88. The van der Waals surface area contributed by atoms with Crippen molar-refractivity contribution in [1.82, 2.24) is 4.98 Å². The number of nitrogens with one attached hydrogen (secondary N) is 2. The van der Waals surface area contributed by atoms with Crippen molar-refractivity contribution in [1.29, 1.82) is 0 Å². The monoisotopic (exact) mass is 447 g/mol. The van der Waals surface area contributed by atoms with E-state index < -0.39 is 0 Å². The number of rotatable bonds is 7. The molecule has 0 aliphatic rings. The van der Waals surface area contributed by atoms with Crippen LogP contribution in [-0.4, -0.2) is 25.1 Å². The molecule has 0 saturated carbocycles. The van der Waals surface area contributed by atoms with E-state index in [1.807, 2.05) is 47.8 Å². The fourth-order valence-corrected chi connectivity index (χ4v) is 3.53. The summed E-state index contributed by atoms with van der Waals surface area (Å²) in [6.45, 7) is 0. The molecule has 140 valence electrons. The zero-order valence-electron chi connectivity index (χ0n) is 14.8. The first-order chi connectivity index (χ1) is 13.1. The zero-order chi connectivity index (χ0) is 19.2. The predicted octanol–water partition coefficient (Wildman–Crippen LogP) is 4.85. The van der Waals surface area contributed by atoms with Crippen molar-refractivity contribution in [3.63, 3.8) is 0 Å². The second-order valence-corrected chi connectivity index (χ2v) is 7.34. The minimum Gasteiger partial charge on any atom is -0.497 e. The Hall–Kier alpha value is -2.58. The van der Waals surface area contributed by atoms with Gasteiger partial charge in [0.25, 0.3) is 0 Å². The molecule has 0 radical (unpaired) electrons. The van der Waals surface area contributed by atoms with Gasteiger partial charge in [-0.05, 0) is 30.3 Å². The highest BCUT2D eigenvalue weighted by atomic mass is 79.9. The lowest BCUT2D eigenvalue weighted by Crippen LogP contribution is -2.14. The average Bonchev–Trinajstić information content (AvgIpc) is 3.08. The molecule has 27 heavy (non-hydrogen) atoms. The van der Waals surface area contributed by atoms with Gasteiger partial charge in [-0.25, -0.2) is 4.98 Å². The molecule has 1 heterocycles. The van der Waals surface area contributed by atoms with Gasteiger partial charge in [-0.2, -0.15) is 0 Å². The normalized spacial score (nSPS) is 10.3. The van der Waals surface area contributed by atoms with E-state index in [2.05, 4.69) is 31.5 Å². The standard InChI is InChI=1S/C19H18BrN3O3S/c1-25-15-6-7-17(26-2)16(10-15)23-19-22-14(11-27-19)9-18(24)21-13-5-3-4-12(20)8-13/h3-8,10-11H,9H2,1-2H3,(H,21,24)(H,22,23). The molecule has 0 fully saturated rings.